The highest BCUT2D eigenvalue weighted by Crippen LogP contribution is 2.29. The van der Waals surface area contributed by atoms with Crippen molar-refractivity contribution in [2.75, 3.05) is 10.6 Å². The molecule has 5 N–H and O–H groups in total. The SMILES string of the molecule is CCC(Sc1cccc(NC(=O)/C(=C/c2ccc(Br)cc2)NC(=O)c2ccccc2)c1)C(=O)Nc1ccc(S(N)(=O)=O)cc1. The van der Waals surface area contributed by atoms with E-state index in [1.165, 1.54) is 36.0 Å². The third-order valence-electron chi connectivity index (χ3n) is 6.19. The Kier molecular flexibility index (Phi) is 11.1. The van der Waals surface area contributed by atoms with Gasteiger partial charge < -0.3 is 16.0 Å². The van der Waals surface area contributed by atoms with Crippen LogP contribution < -0.4 is 21.1 Å². The monoisotopic (exact) mass is 692 g/mol. The van der Waals surface area contributed by atoms with Crippen LogP contribution in [0.5, 0.6) is 0 Å². The van der Waals surface area contributed by atoms with Gasteiger partial charge in [-0.2, -0.15) is 0 Å². The summed E-state index contributed by atoms with van der Waals surface area (Å²) in [6.07, 6.45) is 2.10. The van der Waals surface area contributed by atoms with Crippen LogP contribution >= 0.6 is 27.7 Å². The number of amides is 3. The Hall–Kier alpha value is -4.23. The van der Waals surface area contributed by atoms with Crippen molar-refractivity contribution >= 4 is 72.9 Å². The first-order chi connectivity index (χ1) is 21.0. The van der Waals surface area contributed by atoms with Crippen molar-refractivity contribution in [3.05, 3.63) is 124 Å². The van der Waals surface area contributed by atoms with Crippen molar-refractivity contribution < 1.29 is 22.8 Å². The molecule has 0 aromatic heterocycles. The molecule has 3 amide bonds. The predicted molar refractivity (Wildman–Crippen MR) is 177 cm³/mol. The molecule has 0 aliphatic carbocycles. The van der Waals surface area contributed by atoms with E-state index < -0.39 is 27.1 Å². The molecule has 12 heteroatoms. The van der Waals surface area contributed by atoms with Crippen LogP contribution in [0.3, 0.4) is 0 Å². The van der Waals surface area contributed by atoms with Gasteiger partial charge in [0.25, 0.3) is 11.8 Å². The first kappa shape index (κ1) is 32.7. The van der Waals surface area contributed by atoms with E-state index in [4.69, 9.17) is 5.14 Å². The van der Waals surface area contributed by atoms with Crippen LogP contribution in [0.1, 0.15) is 29.3 Å². The Balaban J connectivity index is 1.47. The average Bonchev–Trinajstić information content (AvgIpc) is 3.01. The van der Waals surface area contributed by atoms with E-state index in [-0.39, 0.29) is 16.5 Å². The average molecular weight is 694 g/mol. The second kappa shape index (κ2) is 15.0. The van der Waals surface area contributed by atoms with Crippen LogP contribution in [0.2, 0.25) is 0 Å². The number of nitrogens with one attached hydrogen (secondary N) is 3. The van der Waals surface area contributed by atoms with Crippen LogP contribution in [-0.4, -0.2) is 31.4 Å². The number of rotatable bonds is 11. The largest absolute Gasteiger partial charge is 0.325 e. The number of benzene rings is 4. The fourth-order valence-electron chi connectivity index (χ4n) is 3.95. The van der Waals surface area contributed by atoms with Crippen LogP contribution in [0.15, 0.2) is 123 Å². The number of nitrogens with two attached hydrogens (primary N) is 1. The van der Waals surface area contributed by atoms with Crippen LogP contribution in [-0.2, 0) is 19.6 Å². The van der Waals surface area contributed by atoms with Gasteiger partial charge in [-0.25, -0.2) is 13.6 Å². The molecule has 0 spiro atoms. The Morgan fingerprint density at radius 1 is 0.864 bits per heavy atom. The lowest BCUT2D eigenvalue weighted by Gasteiger charge is -2.16. The van der Waals surface area contributed by atoms with E-state index in [9.17, 15) is 22.8 Å². The third kappa shape index (κ3) is 9.38. The van der Waals surface area contributed by atoms with Crippen LogP contribution in [0.4, 0.5) is 11.4 Å². The van der Waals surface area contributed by atoms with Crippen LogP contribution in [0, 0.1) is 0 Å². The van der Waals surface area contributed by atoms with E-state index >= 15 is 0 Å². The molecule has 4 rings (SSSR count). The molecule has 0 aliphatic rings. The minimum Gasteiger partial charge on any atom is -0.325 e. The summed E-state index contributed by atoms with van der Waals surface area (Å²) >= 11 is 4.71. The Morgan fingerprint density at radius 2 is 1.55 bits per heavy atom. The number of thioether (sulfide) groups is 1. The highest BCUT2D eigenvalue weighted by molar-refractivity contribution is 9.10. The predicted octanol–water partition coefficient (Wildman–Crippen LogP) is 6.02. The molecule has 0 aliphatic heterocycles. The molecule has 9 nitrogen and oxygen atoms in total. The third-order valence-corrected chi connectivity index (χ3v) is 9.01. The minimum absolute atomic E-state index is 0.0507. The zero-order chi connectivity index (χ0) is 31.7. The lowest BCUT2D eigenvalue weighted by molar-refractivity contribution is -0.116. The molecule has 0 bridgehead atoms. The number of hydrogen-bond donors (Lipinski definition) is 4. The molecule has 1 unspecified atom stereocenters. The van der Waals surface area contributed by atoms with Gasteiger partial charge in [-0.05, 0) is 84.8 Å². The molecule has 1 atom stereocenters. The molecule has 4 aromatic rings. The molecular formula is C32H29BrN4O5S2. The molecule has 0 saturated carbocycles. The van der Waals surface area contributed by atoms with Crippen molar-refractivity contribution in [2.45, 2.75) is 28.4 Å². The van der Waals surface area contributed by atoms with E-state index in [0.29, 0.717) is 28.9 Å². The van der Waals surface area contributed by atoms with Crippen molar-refractivity contribution in [1.29, 1.82) is 0 Å². The zero-order valence-corrected chi connectivity index (χ0v) is 26.7. The van der Waals surface area contributed by atoms with Gasteiger partial charge in [0, 0.05) is 26.3 Å². The lowest BCUT2D eigenvalue weighted by atomic mass is 10.1. The lowest BCUT2D eigenvalue weighted by Crippen LogP contribution is -2.30. The fourth-order valence-corrected chi connectivity index (χ4v) is 5.74. The van der Waals surface area contributed by atoms with Crippen LogP contribution in [0.25, 0.3) is 6.08 Å². The van der Waals surface area contributed by atoms with E-state index in [0.717, 1.165) is 9.37 Å². The van der Waals surface area contributed by atoms with Crippen molar-refractivity contribution in [2.24, 2.45) is 5.14 Å². The smallest absolute Gasteiger partial charge is 0.272 e. The molecule has 0 heterocycles. The first-order valence-electron chi connectivity index (χ1n) is 13.4. The second-order valence-electron chi connectivity index (χ2n) is 9.49. The quantitative estimate of drug-likeness (QED) is 0.112. The van der Waals surface area contributed by atoms with Crippen molar-refractivity contribution in [1.82, 2.24) is 5.32 Å². The van der Waals surface area contributed by atoms with Gasteiger partial charge in [-0.15, -0.1) is 11.8 Å². The first-order valence-corrected chi connectivity index (χ1v) is 16.6. The summed E-state index contributed by atoms with van der Waals surface area (Å²) in [5, 5.41) is 13.0. The van der Waals surface area contributed by atoms with Gasteiger partial charge in [0.2, 0.25) is 15.9 Å². The minimum atomic E-state index is -3.84. The zero-order valence-electron chi connectivity index (χ0n) is 23.5. The number of carbonyl (C=O) groups is 3. The van der Waals surface area contributed by atoms with Gasteiger partial charge in [0.15, 0.2) is 0 Å². The molecular weight excluding hydrogens is 664 g/mol. The van der Waals surface area contributed by atoms with E-state index in [1.54, 1.807) is 54.6 Å². The molecule has 4 aromatic carbocycles. The summed E-state index contributed by atoms with van der Waals surface area (Å²) in [4.78, 5) is 40.0. The number of primary sulfonamides is 1. The van der Waals surface area contributed by atoms with E-state index in [1.807, 2.05) is 37.3 Å². The number of hydrogen-bond acceptors (Lipinski definition) is 6. The summed E-state index contributed by atoms with van der Waals surface area (Å²) in [6, 6.07) is 28.5. The van der Waals surface area contributed by atoms with Crippen molar-refractivity contribution in [3.63, 3.8) is 0 Å². The summed E-state index contributed by atoms with van der Waals surface area (Å²) < 4.78 is 23.9. The Morgan fingerprint density at radius 3 is 2.18 bits per heavy atom. The summed E-state index contributed by atoms with van der Waals surface area (Å²) in [6.45, 7) is 1.88. The summed E-state index contributed by atoms with van der Waals surface area (Å²) in [5.74, 6) is -1.21. The maximum Gasteiger partial charge on any atom is 0.272 e. The fraction of sp³-hybridized carbons (Fsp3) is 0.0938. The molecule has 0 saturated heterocycles. The molecule has 44 heavy (non-hydrogen) atoms. The second-order valence-corrected chi connectivity index (χ2v) is 13.2. The van der Waals surface area contributed by atoms with E-state index in [2.05, 4.69) is 31.9 Å². The Bertz CT molecular complexity index is 1780. The van der Waals surface area contributed by atoms with Gasteiger partial charge in [0.1, 0.15) is 5.70 Å². The van der Waals surface area contributed by atoms with Crippen molar-refractivity contribution in [3.8, 4) is 0 Å². The van der Waals surface area contributed by atoms with Gasteiger partial charge >= 0.3 is 0 Å². The maximum absolute atomic E-state index is 13.4. The van der Waals surface area contributed by atoms with Gasteiger partial charge in [-0.1, -0.05) is 59.3 Å². The number of sulfonamides is 1. The van der Waals surface area contributed by atoms with Gasteiger partial charge in [-0.3, -0.25) is 14.4 Å². The highest BCUT2D eigenvalue weighted by atomic mass is 79.9. The number of carbonyl (C=O) groups excluding carboxylic acids is 3. The summed E-state index contributed by atoms with van der Waals surface area (Å²) in [7, 11) is -3.84. The molecule has 0 fully saturated rings. The number of anilines is 2. The topological polar surface area (TPSA) is 147 Å². The Labute approximate surface area is 268 Å². The number of halogens is 1. The maximum atomic E-state index is 13.4. The standard InChI is InChI=1S/C32H29BrN4O5S2/c1-2-29(32(40)35-24-15-17-27(18-16-24)44(34,41)42)43-26-10-6-9-25(20-26)36-31(39)28(19-21-11-13-23(33)14-12-21)37-30(38)22-7-4-3-5-8-22/h3-20,29H,2H2,1H3,(H,35,40)(H,36,39)(H,37,38)(H2,34,41,42)/b28-19-. The normalized spacial score (nSPS) is 12.2. The highest BCUT2D eigenvalue weighted by Gasteiger charge is 2.20. The summed E-state index contributed by atoms with van der Waals surface area (Å²) in [5.41, 5.74) is 2.09. The molecule has 226 valence electrons. The molecule has 0 radical (unpaired) electrons. The van der Waals surface area contributed by atoms with Gasteiger partial charge in [0.05, 0.1) is 10.1 Å².